The second-order valence-corrected chi connectivity index (χ2v) is 9.81. The summed E-state index contributed by atoms with van der Waals surface area (Å²) in [4.78, 5) is 19.2. The fraction of sp³-hybridized carbons (Fsp3) is 0.300. The van der Waals surface area contributed by atoms with Crippen LogP contribution >= 0.6 is 0 Å². The van der Waals surface area contributed by atoms with Crippen LogP contribution in [0.1, 0.15) is 16.7 Å². The molecule has 1 fully saturated rings. The van der Waals surface area contributed by atoms with Gasteiger partial charge in [0.25, 0.3) is 0 Å². The lowest BCUT2D eigenvalue weighted by atomic mass is 10.1. The summed E-state index contributed by atoms with van der Waals surface area (Å²) in [6.07, 6.45) is 2.37. The molecule has 41 heavy (non-hydrogen) atoms. The second kappa shape index (κ2) is 12.5. The van der Waals surface area contributed by atoms with Gasteiger partial charge in [-0.1, -0.05) is 24.3 Å². The van der Waals surface area contributed by atoms with Gasteiger partial charge in [0.2, 0.25) is 5.91 Å². The van der Waals surface area contributed by atoms with E-state index in [9.17, 15) is 18.0 Å². The fourth-order valence-corrected chi connectivity index (χ4v) is 4.56. The van der Waals surface area contributed by atoms with Crippen molar-refractivity contribution in [1.82, 2.24) is 19.7 Å². The number of aromatic nitrogens is 3. The molecule has 1 saturated heterocycles. The zero-order valence-corrected chi connectivity index (χ0v) is 22.5. The molecule has 0 bridgehead atoms. The van der Waals surface area contributed by atoms with Crippen molar-refractivity contribution in [3.8, 4) is 22.6 Å². The maximum absolute atomic E-state index is 13.0. The summed E-state index contributed by atoms with van der Waals surface area (Å²) < 4.78 is 52.1. The van der Waals surface area contributed by atoms with E-state index in [2.05, 4.69) is 20.3 Å². The number of rotatable bonds is 9. The van der Waals surface area contributed by atoms with Crippen LogP contribution in [0.3, 0.4) is 0 Å². The van der Waals surface area contributed by atoms with Crippen molar-refractivity contribution >= 4 is 11.6 Å². The quantitative estimate of drug-likeness (QED) is 0.302. The Labute approximate surface area is 235 Å². The van der Waals surface area contributed by atoms with Gasteiger partial charge in [0.1, 0.15) is 12.4 Å². The third-order valence-corrected chi connectivity index (χ3v) is 6.77. The molecule has 0 atom stereocenters. The number of nitrogens with zero attached hydrogens (tertiary/aromatic N) is 4. The first-order valence-electron chi connectivity index (χ1n) is 13.2. The summed E-state index contributed by atoms with van der Waals surface area (Å²) in [6.45, 7) is 6.59. The predicted octanol–water partition coefficient (Wildman–Crippen LogP) is 5.15. The standard InChI is InChI=1S/C30H30F3N5O3/c1-21-5-6-26(36-29(39)14-22-3-2-4-25(13-22)30(31,32)33)16-28(21)38-20-24(18-35-38)23-15-27(19-34-17-23)41-12-9-37-7-10-40-11-8-37/h2-6,13,15-20H,7-12,14H2,1H3,(H,36,39). The molecule has 5 rings (SSSR count). The number of aryl methyl sites for hydroxylation is 1. The lowest BCUT2D eigenvalue weighted by molar-refractivity contribution is -0.137. The monoisotopic (exact) mass is 565 g/mol. The highest BCUT2D eigenvalue weighted by Gasteiger charge is 2.30. The van der Waals surface area contributed by atoms with E-state index in [0.29, 0.717) is 18.0 Å². The van der Waals surface area contributed by atoms with Crippen molar-refractivity contribution in [2.24, 2.45) is 0 Å². The van der Waals surface area contributed by atoms with E-state index >= 15 is 0 Å². The smallest absolute Gasteiger partial charge is 0.416 e. The molecule has 3 heterocycles. The Hall–Kier alpha value is -4.22. The molecule has 2 aromatic heterocycles. The van der Waals surface area contributed by atoms with Crippen LogP contribution in [-0.2, 0) is 22.1 Å². The van der Waals surface area contributed by atoms with Gasteiger partial charge in [-0.2, -0.15) is 18.3 Å². The SMILES string of the molecule is Cc1ccc(NC(=O)Cc2cccc(C(F)(F)F)c2)cc1-n1cc(-c2cncc(OCCN3CCOCC3)c2)cn1. The molecule has 8 nitrogen and oxygen atoms in total. The van der Waals surface area contributed by atoms with E-state index in [4.69, 9.17) is 9.47 Å². The van der Waals surface area contributed by atoms with E-state index in [-0.39, 0.29) is 12.0 Å². The molecular weight excluding hydrogens is 535 g/mol. The topological polar surface area (TPSA) is 81.5 Å². The van der Waals surface area contributed by atoms with E-state index in [1.54, 1.807) is 35.4 Å². The van der Waals surface area contributed by atoms with Crippen LogP contribution in [0.4, 0.5) is 18.9 Å². The Bertz CT molecular complexity index is 1500. The molecule has 2 aromatic carbocycles. The molecule has 4 aromatic rings. The number of pyridine rings is 1. The molecule has 0 aliphatic carbocycles. The van der Waals surface area contributed by atoms with Gasteiger partial charge >= 0.3 is 6.18 Å². The maximum atomic E-state index is 13.0. The molecule has 0 radical (unpaired) electrons. The number of carbonyl (C=O) groups is 1. The summed E-state index contributed by atoms with van der Waals surface area (Å²) in [5.74, 6) is 0.252. The fourth-order valence-electron chi connectivity index (χ4n) is 4.56. The van der Waals surface area contributed by atoms with Crippen molar-refractivity contribution in [1.29, 1.82) is 0 Å². The first-order valence-corrected chi connectivity index (χ1v) is 13.2. The van der Waals surface area contributed by atoms with E-state index in [0.717, 1.165) is 67.4 Å². The number of hydrogen-bond donors (Lipinski definition) is 1. The van der Waals surface area contributed by atoms with Crippen LogP contribution in [-0.4, -0.2) is 65.0 Å². The number of amides is 1. The summed E-state index contributed by atoms with van der Waals surface area (Å²) in [6, 6.07) is 12.1. The molecule has 214 valence electrons. The Balaban J connectivity index is 1.24. The highest BCUT2D eigenvalue weighted by molar-refractivity contribution is 5.92. The number of nitrogens with one attached hydrogen (secondary N) is 1. The number of hydrogen-bond acceptors (Lipinski definition) is 6. The Kier molecular flexibility index (Phi) is 8.65. The van der Waals surface area contributed by atoms with Gasteiger partial charge in [0.15, 0.2) is 0 Å². The van der Waals surface area contributed by atoms with Crippen LogP contribution < -0.4 is 10.1 Å². The average Bonchev–Trinajstić information content (AvgIpc) is 3.45. The minimum Gasteiger partial charge on any atom is -0.491 e. The molecule has 1 aliphatic rings. The second-order valence-electron chi connectivity index (χ2n) is 9.81. The number of anilines is 1. The first-order chi connectivity index (χ1) is 19.7. The van der Waals surface area contributed by atoms with Crippen LogP contribution in [0.15, 0.2) is 73.3 Å². The Morgan fingerprint density at radius 2 is 1.88 bits per heavy atom. The zero-order chi connectivity index (χ0) is 28.8. The highest BCUT2D eigenvalue weighted by Crippen LogP contribution is 2.30. The van der Waals surface area contributed by atoms with Crippen molar-refractivity contribution in [2.45, 2.75) is 19.5 Å². The third kappa shape index (κ3) is 7.50. The van der Waals surface area contributed by atoms with Crippen LogP contribution in [0.5, 0.6) is 5.75 Å². The number of carbonyl (C=O) groups excluding carboxylic acids is 1. The number of halogens is 3. The molecule has 1 amide bonds. The number of alkyl halides is 3. The molecule has 1 N–H and O–H groups in total. The molecule has 0 unspecified atom stereocenters. The number of ether oxygens (including phenoxy) is 2. The summed E-state index contributed by atoms with van der Waals surface area (Å²) in [5.41, 5.74) is 3.38. The largest absolute Gasteiger partial charge is 0.491 e. The van der Waals surface area contributed by atoms with Crippen molar-refractivity contribution in [3.05, 3.63) is 90.0 Å². The van der Waals surface area contributed by atoms with Crippen molar-refractivity contribution in [3.63, 3.8) is 0 Å². The molecule has 0 spiro atoms. The van der Waals surface area contributed by atoms with Gasteiger partial charge in [-0.05, 0) is 42.3 Å². The lowest BCUT2D eigenvalue weighted by Gasteiger charge is -2.26. The Morgan fingerprint density at radius 3 is 2.68 bits per heavy atom. The first kappa shape index (κ1) is 28.3. The normalized spacial score (nSPS) is 14.1. The molecule has 0 saturated carbocycles. The average molecular weight is 566 g/mol. The van der Waals surface area contributed by atoms with Gasteiger partial charge in [-0.25, -0.2) is 4.68 Å². The van der Waals surface area contributed by atoms with E-state index in [1.165, 1.54) is 12.1 Å². The van der Waals surface area contributed by atoms with Crippen molar-refractivity contribution < 1.29 is 27.4 Å². The van der Waals surface area contributed by atoms with Gasteiger partial charge in [-0.3, -0.25) is 14.7 Å². The van der Waals surface area contributed by atoms with Crippen LogP contribution in [0.2, 0.25) is 0 Å². The van der Waals surface area contributed by atoms with Gasteiger partial charge in [0, 0.05) is 48.8 Å². The van der Waals surface area contributed by atoms with E-state index < -0.39 is 17.6 Å². The molecule has 11 heteroatoms. The number of benzene rings is 2. The van der Waals surface area contributed by atoms with E-state index in [1.807, 2.05) is 25.3 Å². The van der Waals surface area contributed by atoms with Gasteiger partial charge in [-0.15, -0.1) is 0 Å². The van der Waals surface area contributed by atoms with Crippen LogP contribution in [0.25, 0.3) is 16.8 Å². The lowest BCUT2D eigenvalue weighted by Crippen LogP contribution is -2.38. The summed E-state index contributed by atoms with van der Waals surface area (Å²) >= 11 is 0. The maximum Gasteiger partial charge on any atom is 0.416 e. The molecular formula is C30H30F3N5O3. The minimum atomic E-state index is -4.46. The Morgan fingerprint density at radius 1 is 1.05 bits per heavy atom. The van der Waals surface area contributed by atoms with Crippen molar-refractivity contribution in [2.75, 3.05) is 44.8 Å². The predicted molar refractivity (Wildman–Crippen MR) is 148 cm³/mol. The molecule has 1 aliphatic heterocycles. The third-order valence-electron chi connectivity index (χ3n) is 6.77. The minimum absolute atomic E-state index is 0.184. The summed E-state index contributed by atoms with van der Waals surface area (Å²) in [7, 11) is 0. The summed E-state index contributed by atoms with van der Waals surface area (Å²) in [5, 5.41) is 7.28. The number of morpholine rings is 1. The van der Waals surface area contributed by atoms with Gasteiger partial charge in [0.05, 0.1) is 43.3 Å². The highest BCUT2D eigenvalue weighted by atomic mass is 19.4. The van der Waals surface area contributed by atoms with Crippen LogP contribution in [0, 0.1) is 6.92 Å². The van der Waals surface area contributed by atoms with Gasteiger partial charge < -0.3 is 14.8 Å². The zero-order valence-electron chi connectivity index (χ0n) is 22.5.